The first kappa shape index (κ1) is 23.9. The van der Waals surface area contributed by atoms with Gasteiger partial charge in [-0.2, -0.15) is 13.2 Å². The highest BCUT2D eigenvalue weighted by molar-refractivity contribution is 9.10. The second-order valence-corrected chi connectivity index (χ2v) is 9.14. The zero-order valence-corrected chi connectivity index (χ0v) is 19.0. The van der Waals surface area contributed by atoms with Crippen LogP contribution >= 0.6 is 39.3 Å². The monoisotopic (exact) mass is 508 g/mol. The van der Waals surface area contributed by atoms with Gasteiger partial charge in [-0.1, -0.05) is 41.4 Å². The number of rotatable bonds is 8. The first-order valence-electron chi connectivity index (χ1n) is 8.87. The molecule has 0 aromatic heterocycles. The zero-order chi connectivity index (χ0) is 21.6. The molecule has 0 radical (unpaired) electrons. The van der Waals surface area contributed by atoms with E-state index in [1.807, 2.05) is 38.1 Å². The van der Waals surface area contributed by atoms with Crippen molar-refractivity contribution in [2.24, 2.45) is 5.92 Å². The molecule has 2 aromatic carbocycles. The molecule has 0 aliphatic rings. The van der Waals surface area contributed by atoms with Crippen LogP contribution in [0.1, 0.15) is 19.4 Å². The number of amides is 1. The van der Waals surface area contributed by atoms with Gasteiger partial charge in [0.1, 0.15) is 6.04 Å². The second-order valence-electron chi connectivity index (χ2n) is 6.65. The highest BCUT2D eigenvalue weighted by Gasteiger charge is 2.31. The molecule has 0 spiro atoms. The van der Waals surface area contributed by atoms with Gasteiger partial charge in [-0.05, 0) is 48.4 Å². The van der Waals surface area contributed by atoms with Crippen molar-refractivity contribution < 1.29 is 18.0 Å². The summed E-state index contributed by atoms with van der Waals surface area (Å²) in [5, 5.41) is 5.75. The molecule has 0 saturated heterocycles. The Morgan fingerprint density at radius 3 is 2.38 bits per heavy atom. The van der Waals surface area contributed by atoms with Crippen LogP contribution in [0.2, 0.25) is 5.02 Å². The lowest BCUT2D eigenvalue weighted by Gasteiger charge is -2.23. The molecule has 29 heavy (non-hydrogen) atoms. The van der Waals surface area contributed by atoms with Crippen LogP contribution in [0.4, 0.5) is 18.9 Å². The fourth-order valence-corrected chi connectivity index (χ4v) is 3.76. The molecule has 0 heterocycles. The van der Waals surface area contributed by atoms with E-state index in [0.717, 1.165) is 21.5 Å². The molecule has 0 saturated carbocycles. The molecule has 2 aromatic rings. The van der Waals surface area contributed by atoms with Gasteiger partial charge < -0.3 is 10.6 Å². The maximum absolute atomic E-state index is 12.8. The minimum Gasteiger partial charge on any atom is -0.372 e. The number of carbonyl (C=O) groups is 1. The summed E-state index contributed by atoms with van der Waals surface area (Å²) in [6.45, 7) is 4.17. The predicted molar refractivity (Wildman–Crippen MR) is 117 cm³/mol. The Morgan fingerprint density at radius 1 is 1.17 bits per heavy atom. The number of carbonyl (C=O) groups excluding carboxylic acids is 1. The van der Waals surface area contributed by atoms with Crippen molar-refractivity contribution in [2.75, 3.05) is 17.6 Å². The summed E-state index contributed by atoms with van der Waals surface area (Å²) in [4.78, 5) is 13.7. The fraction of sp³-hybridized carbons (Fsp3) is 0.350. The van der Waals surface area contributed by atoms with Crippen LogP contribution in [-0.2, 0) is 11.0 Å². The van der Waals surface area contributed by atoms with Crippen molar-refractivity contribution in [3.05, 3.63) is 57.5 Å². The molecule has 0 aliphatic heterocycles. The summed E-state index contributed by atoms with van der Waals surface area (Å²) >= 11 is 11.0. The van der Waals surface area contributed by atoms with Gasteiger partial charge in [-0.15, -0.1) is 11.8 Å². The highest BCUT2D eigenvalue weighted by atomic mass is 79.9. The van der Waals surface area contributed by atoms with E-state index in [1.54, 1.807) is 11.8 Å². The van der Waals surface area contributed by atoms with Crippen LogP contribution in [0.15, 0.2) is 51.8 Å². The highest BCUT2D eigenvalue weighted by Crippen LogP contribution is 2.34. The SMILES string of the molecule is CC(C)[C@H](Nc1ccc(C(F)(F)F)cc1Cl)C(=O)NCCSc1ccc(Br)cc1. The molecule has 158 valence electrons. The van der Waals surface area contributed by atoms with Crippen molar-refractivity contribution in [1.29, 1.82) is 0 Å². The smallest absolute Gasteiger partial charge is 0.372 e. The quantitative estimate of drug-likeness (QED) is 0.317. The molecule has 1 amide bonds. The van der Waals surface area contributed by atoms with Gasteiger partial charge in [0.2, 0.25) is 5.91 Å². The van der Waals surface area contributed by atoms with Crippen LogP contribution in [0.5, 0.6) is 0 Å². The molecular formula is C20H21BrClF3N2OS. The molecule has 2 rings (SSSR count). The largest absolute Gasteiger partial charge is 0.416 e. The van der Waals surface area contributed by atoms with Crippen molar-refractivity contribution in [3.63, 3.8) is 0 Å². The maximum atomic E-state index is 12.8. The van der Waals surface area contributed by atoms with E-state index in [-0.39, 0.29) is 22.5 Å². The van der Waals surface area contributed by atoms with Gasteiger partial charge in [0, 0.05) is 21.7 Å². The molecule has 0 fully saturated rings. The molecular weight excluding hydrogens is 489 g/mol. The number of hydrogen-bond donors (Lipinski definition) is 2. The van der Waals surface area contributed by atoms with Gasteiger partial charge in [0.05, 0.1) is 16.3 Å². The summed E-state index contributed by atoms with van der Waals surface area (Å²) < 4.78 is 39.4. The Labute approximate surface area is 185 Å². The van der Waals surface area contributed by atoms with E-state index in [2.05, 4.69) is 26.6 Å². The normalized spacial score (nSPS) is 12.7. The lowest BCUT2D eigenvalue weighted by Crippen LogP contribution is -2.43. The third kappa shape index (κ3) is 7.42. The van der Waals surface area contributed by atoms with E-state index in [1.165, 1.54) is 6.07 Å². The van der Waals surface area contributed by atoms with E-state index in [4.69, 9.17) is 11.6 Å². The fourth-order valence-electron chi connectivity index (χ4n) is 2.49. The Balaban J connectivity index is 1.93. The van der Waals surface area contributed by atoms with Gasteiger partial charge in [-0.3, -0.25) is 4.79 Å². The minimum absolute atomic E-state index is 0.0796. The molecule has 0 aliphatic carbocycles. The molecule has 9 heteroatoms. The lowest BCUT2D eigenvalue weighted by atomic mass is 10.0. The zero-order valence-electron chi connectivity index (χ0n) is 15.8. The first-order valence-corrected chi connectivity index (χ1v) is 11.0. The van der Waals surface area contributed by atoms with Crippen LogP contribution in [0.3, 0.4) is 0 Å². The summed E-state index contributed by atoms with van der Waals surface area (Å²) in [6.07, 6.45) is -4.47. The summed E-state index contributed by atoms with van der Waals surface area (Å²) in [6, 6.07) is 10.3. The van der Waals surface area contributed by atoms with E-state index in [0.29, 0.717) is 12.3 Å². The van der Waals surface area contributed by atoms with Gasteiger partial charge in [0.15, 0.2) is 0 Å². The molecule has 0 bridgehead atoms. The Bertz CT molecular complexity index is 831. The Kier molecular flexibility index (Phi) is 8.73. The third-order valence-corrected chi connectivity index (χ3v) is 5.90. The van der Waals surface area contributed by atoms with Crippen LogP contribution < -0.4 is 10.6 Å². The number of anilines is 1. The molecule has 2 N–H and O–H groups in total. The number of thioether (sulfide) groups is 1. The van der Waals surface area contributed by atoms with Gasteiger partial charge in [0.25, 0.3) is 0 Å². The number of hydrogen-bond acceptors (Lipinski definition) is 3. The van der Waals surface area contributed by atoms with Crippen molar-refractivity contribution in [3.8, 4) is 0 Å². The topological polar surface area (TPSA) is 41.1 Å². The maximum Gasteiger partial charge on any atom is 0.416 e. The second kappa shape index (κ2) is 10.6. The van der Waals surface area contributed by atoms with Gasteiger partial charge in [-0.25, -0.2) is 0 Å². The van der Waals surface area contributed by atoms with Crippen molar-refractivity contribution >= 4 is 50.9 Å². The summed E-state index contributed by atoms with van der Waals surface area (Å²) in [5.74, 6) is 0.374. The molecule has 1 atom stereocenters. The van der Waals surface area contributed by atoms with Crippen LogP contribution in [0, 0.1) is 5.92 Å². The average molecular weight is 510 g/mol. The third-order valence-electron chi connectivity index (χ3n) is 4.04. The van der Waals surface area contributed by atoms with E-state index < -0.39 is 17.8 Å². The Hall–Kier alpha value is -1.38. The number of halogens is 5. The van der Waals surface area contributed by atoms with Crippen LogP contribution in [-0.4, -0.2) is 24.2 Å². The lowest BCUT2D eigenvalue weighted by molar-refractivity contribution is -0.137. The van der Waals surface area contributed by atoms with E-state index >= 15 is 0 Å². The molecule has 0 unspecified atom stereocenters. The van der Waals surface area contributed by atoms with Gasteiger partial charge >= 0.3 is 6.18 Å². The number of benzene rings is 2. The summed E-state index contributed by atoms with van der Waals surface area (Å²) in [5.41, 5.74) is -0.540. The van der Waals surface area contributed by atoms with Crippen LogP contribution in [0.25, 0.3) is 0 Å². The van der Waals surface area contributed by atoms with Crippen molar-refractivity contribution in [2.45, 2.75) is 31.0 Å². The minimum atomic E-state index is -4.47. The van der Waals surface area contributed by atoms with Crippen molar-refractivity contribution in [1.82, 2.24) is 5.32 Å². The first-order chi connectivity index (χ1) is 13.6. The number of nitrogens with one attached hydrogen (secondary N) is 2. The Morgan fingerprint density at radius 2 is 1.83 bits per heavy atom. The predicted octanol–water partition coefficient (Wildman–Crippen LogP) is 6.47. The summed E-state index contributed by atoms with van der Waals surface area (Å²) in [7, 11) is 0. The van der Waals surface area contributed by atoms with E-state index in [9.17, 15) is 18.0 Å². The average Bonchev–Trinajstić information content (AvgIpc) is 2.64. The standard InChI is InChI=1S/C20H21BrClF3N2OS/c1-12(2)18(27-17-8-3-13(11-16(17)22)20(23,24)25)19(28)26-9-10-29-15-6-4-14(21)5-7-15/h3-8,11-12,18,27H,9-10H2,1-2H3,(H,26,28)/t18-/m0/s1. The molecule has 3 nitrogen and oxygen atoms in total. The number of alkyl halides is 3.